The maximum atomic E-state index is 17.3. The normalized spacial score (nSPS) is 31.6. The molecule has 0 bridgehead atoms. The smallest absolute Gasteiger partial charge is 0.394 e. The summed E-state index contributed by atoms with van der Waals surface area (Å²) in [5, 5.41) is 10.5. The first-order valence-electron chi connectivity index (χ1n) is 31.9. The van der Waals surface area contributed by atoms with Crippen molar-refractivity contribution in [2.24, 2.45) is 0 Å². The summed E-state index contributed by atoms with van der Waals surface area (Å²) in [6, 6.07) is 2.28. The number of phosphoric ester groups is 2. The predicted molar refractivity (Wildman–Crippen MR) is 368 cm³/mol. The summed E-state index contributed by atoms with van der Waals surface area (Å²) in [7, 11) is -5.23. The Balaban J connectivity index is 0.747. The summed E-state index contributed by atoms with van der Waals surface area (Å²) in [6.07, 6.45) is -23.6. The number of imidazole rings is 3. The van der Waals surface area contributed by atoms with Crippen molar-refractivity contribution in [2.75, 3.05) is 91.5 Å². The first-order chi connectivity index (χ1) is 51.9. The van der Waals surface area contributed by atoms with Crippen molar-refractivity contribution in [2.45, 2.75) is 123 Å². The van der Waals surface area contributed by atoms with Gasteiger partial charge in [-0.05, 0) is 29.7 Å². The minimum atomic E-state index is -5.74. The van der Waals surface area contributed by atoms with Crippen LogP contribution >= 0.6 is 29.1 Å². The van der Waals surface area contributed by atoms with Gasteiger partial charge in [0.1, 0.15) is 115 Å². The van der Waals surface area contributed by atoms with Gasteiger partial charge in [-0.3, -0.25) is 69.5 Å². The van der Waals surface area contributed by atoms with Gasteiger partial charge < -0.3 is 104 Å². The lowest BCUT2D eigenvalue weighted by molar-refractivity contribution is -0.0669. The SMILES string of the molecule is COC1[C@@H](OC)[C@@H](COP(=O)(O)O[C@@H]2C(F)[C@H](n3cnc4c(=O)[nH]c(N)nc43)O[C@@H]2COP(=O)(O)O[C@@H]2C(OC)[C@H](n3cnc4c(N)ncnc43)O[C@@H]2COP(O)(=S)O[C@@H]2C(OC)[C@H](n3ccc(=O)[nH]c3=O)O[C@@H]2COP(O)(=S)O[C@@H]2C(OC)[C@H](n3cnc4c(N)ncnc43)O[C@@H]2CO)O[C@H]1n1ccc(N)nc1=O. The van der Waals surface area contributed by atoms with Gasteiger partial charge >= 0.3 is 40.5 Å². The highest BCUT2D eigenvalue weighted by Crippen LogP contribution is 2.56. The molecule has 5 aliphatic rings. The molecule has 56 heteroatoms. The molecule has 8 aromatic heterocycles. The highest BCUT2D eigenvalue weighted by atomic mass is 32.5. The van der Waals surface area contributed by atoms with E-state index in [2.05, 4.69) is 54.8 Å². The molecule has 9 unspecified atom stereocenters. The lowest BCUT2D eigenvalue weighted by Gasteiger charge is -2.30. The Morgan fingerprint density at radius 3 is 1.40 bits per heavy atom. The van der Waals surface area contributed by atoms with Crippen LogP contribution in [0.25, 0.3) is 33.5 Å². The Bertz CT molecular complexity index is 5110. The molecule has 5 fully saturated rings. The molecule has 0 aromatic carbocycles. The third kappa shape index (κ3) is 16.4. The monoisotopic (exact) mass is 1660 g/mol. The largest absolute Gasteiger partial charge is 0.472 e. The van der Waals surface area contributed by atoms with Gasteiger partial charge in [-0.2, -0.15) is 9.97 Å². The van der Waals surface area contributed by atoms with Gasteiger partial charge in [0.2, 0.25) is 5.95 Å². The number of aromatic nitrogens is 16. The van der Waals surface area contributed by atoms with Crippen LogP contribution in [0.4, 0.5) is 27.8 Å². The number of rotatable bonds is 31. The molecular weight excluding hydrogens is 1590 g/mol. The lowest BCUT2D eigenvalue weighted by Crippen LogP contribution is -2.40. The van der Waals surface area contributed by atoms with Crippen molar-refractivity contribution < 1.29 is 122 Å². The molecule has 109 heavy (non-hydrogen) atoms. The Kier molecular flexibility index (Phi) is 23.7. The summed E-state index contributed by atoms with van der Waals surface area (Å²) >= 11 is 11.1. The Morgan fingerprint density at radius 2 is 0.899 bits per heavy atom. The summed E-state index contributed by atoms with van der Waals surface area (Å²) in [6.45, 7) is -14.1. The van der Waals surface area contributed by atoms with E-state index in [1.54, 1.807) is 0 Å². The number of fused-ring (bicyclic) bond motifs is 3. The molecule has 0 amide bonds. The highest BCUT2D eigenvalue weighted by molar-refractivity contribution is 8.07. The average Bonchev–Trinajstić information content (AvgIpc) is 1.63. The van der Waals surface area contributed by atoms with E-state index >= 15 is 4.39 Å². The van der Waals surface area contributed by atoms with E-state index in [1.165, 1.54) is 61.7 Å². The zero-order valence-corrected chi connectivity index (χ0v) is 62.1. The number of nitrogens with zero attached hydrogens (tertiary/aromatic N) is 14. The van der Waals surface area contributed by atoms with Crippen LogP contribution < -0.4 is 45.4 Å². The number of halogens is 1. The number of aromatic amines is 2. The Morgan fingerprint density at radius 1 is 0.486 bits per heavy atom. The van der Waals surface area contributed by atoms with Crippen molar-refractivity contribution in [3.8, 4) is 0 Å². The van der Waals surface area contributed by atoms with Gasteiger partial charge in [0.15, 0.2) is 71.4 Å². The first kappa shape index (κ1) is 80.0. The molecule has 0 aliphatic carbocycles. The van der Waals surface area contributed by atoms with E-state index in [9.17, 15) is 53.0 Å². The summed E-state index contributed by atoms with van der Waals surface area (Å²) in [5.41, 5.74) is 19.9. The summed E-state index contributed by atoms with van der Waals surface area (Å²) in [4.78, 5) is 140. The minimum Gasteiger partial charge on any atom is -0.394 e. The van der Waals surface area contributed by atoms with Crippen LogP contribution in [0.1, 0.15) is 31.1 Å². The van der Waals surface area contributed by atoms with Gasteiger partial charge in [-0.25, -0.2) is 58.0 Å². The maximum absolute atomic E-state index is 17.3. The maximum Gasteiger partial charge on any atom is 0.472 e. The number of nitrogens with one attached hydrogen (secondary N) is 2. The molecule has 0 spiro atoms. The summed E-state index contributed by atoms with van der Waals surface area (Å²) in [5.74, 6) is -0.601. The molecule has 13 heterocycles. The van der Waals surface area contributed by atoms with Crippen LogP contribution in [0, 0.1) is 0 Å². The minimum absolute atomic E-state index is 0.0227. The number of alkyl halides is 1. The van der Waals surface area contributed by atoms with Gasteiger partial charge in [0.05, 0.1) is 52.0 Å². The van der Waals surface area contributed by atoms with E-state index in [0.717, 1.165) is 52.8 Å². The topological polar surface area (TPSA) is 646 Å². The number of hydrogen-bond donors (Lipinski definition) is 11. The number of nitrogen functional groups attached to an aromatic ring is 4. The van der Waals surface area contributed by atoms with Crippen LogP contribution in [0.2, 0.25) is 0 Å². The van der Waals surface area contributed by atoms with E-state index < -0.39 is 213 Å². The molecule has 15 N–H and O–H groups in total. The molecule has 5 aliphatic heterocycles. The fourth-order valence-corrected chi connectivity index (χ4v) is 17.8. The average molecular weight is 1660 g/mol. The number of hydrogen-bond acceptors (Lipinski definition) is 40. The molecule has 49 nitrogen and oxygen atoms in total. The third-order valence-electron chi connectivity index (χ3n) is 17.9. The molecular formula is C53H69FN20O29P4S2. The van der Waals surface area contributed by atoms with Gasteiger partial charge in [-0.1, -0.05) is 0 Å². The first-order valence-corrected chi connectivity index (χ1v) is 40.1. The second kappa shape index (κ2) is 32.2. The quantitative estimate of drug-likeness (QED) is 0.0194. The standard InChI is InChI=1S/C53H69FN20O29P4S2/c1-86-32-22(97-47(36(32)87-2)70-8-6-25(55)66-52(70)78)12-92-104(80,81)100-31-21(96-46(27(31)54)74-19-65-30-44(74)68-51(58)69-45(30)77)11-91-105(82,83)101-34-23(99-50(38(34)89-4)73-18-64-29-41(57)60-16-62-43(29)73)13-93-107(85,109)103-35-24(98-48(39(35)90-5)71-9-7-26(76)67-53(71)79)14-94-106(84,108)102-33-20(10-75)95-49(37(33)88-3)72-17-63-28-40(56)59-15-61-42(28)72/h6-9,15-24,27,31-39,46-50,75H,10-14H2,1-5H3,(H,80,81)(H,82,83)(H,84,108)(H,85,109)(H2,55,66,78)(H2,56,59,61)(H2,57,60,62)(H,67,76,79)(H3,58,68,69,77)/t20-,21-,22-,23-,24-,27?,31+,32+,33+,34+,35+,36?,37?,38?,39?,46-,47-,48-,49-,50-,106?,107?/m1/s1. The molecule has 0 radical (unpaired) electrons. The number of anilines is 4. The van der Waals surface area contributed by atoms with Crippen LogP contribution in [-0.2, 0) is 116 Å². The highest BCUT2D eigenvalue weighted by Gasteiger charge is 2.57. The number of methoxy groups -OCH3 is 5. The van der Waals surface area contributed by atoms with Crippen molar-refractivity contribution in [1.82, 2.24) is 77.7 Å². The molecule has 5 saturated heterocycles. The molecule has 24 atom stereocenters. The number of H-pyrrole nitrogens is 2. The Hall–Kier alpha value is -7.02. The zero-order chi connectivity index (χ0) is 77.9. The number of nitrogens with two attached hydrogens (primary N) is 4. The van der Waals surface area contributed by atoms with Crippen molar-refractivity contribution in [3.63, 3.8) is 0 Å². The van der Waals surface area contributed by atoms with Crippen molar-refractivity contribution >= 4 is 110 Å². The van der Waals surface area contributed by atoms with Crippen molar-refractivity contribution in [3.05, 3.63) is 97.8 Å². The summed E-state index contributed by atoms with van der Waals surface area (Å²) < 4.78 is 157. The van der Waals surface area contributed by atoms with E-state index in [1.807, 2.05) is 0 Å². The second-order valence-electron chi connectivity index (χ2n) is 24.3. The number of aliphatic hydroxyl groups is 1. The number of aliphatic hydroxyl groups excluding tert-OH is 1. The van der Waals surface area contributed by atoms with Gasteiger partial charge in [-0.15, -0.1) is 0 Å². The molecule has 13 rings (SSSR count). The van der Waals surface area contributed by atoms with Crippen LogP contribution in [0.3, 0.4) is 0 Å². The number of ether oxygens (including phenoxy) is 10. The second-order valence-corrected chi connectivity index (χ2v) is 32.7. The fourth-order valence-electron chi connectivity index (χ4n) is 13.0. The predicted octanol–water partition coefficient (Wildman–Crippen LogP) is -2.93. The molecule has 594 valence electrons. The van der Waals surface area contributed by atoms with Crippen molar-refractivity contribution in [1.29, 1.82) is 0 Å². The molecule has 0 saturated carbocycles. The fraction of sp³-hybridized carbons (Fsp3) is 0.566. The number of phosphoric acid groups is 2. The van der Waals surface area contributed by atoms with Crippen LogP contribution in [-0.4, -0.2) is 263 Å². The Labute approximate surface area is 618 Å². The van der Waals surface area contributed by atoms with Gasteiger partial charge in [0.25, 0.3) is 11.1 Å². The van der Waals surface area contributed by atoms with Crippen LogP contribution in [0.15, 0.2) is 75.3 Å². The van der Waals surface area contributed by atoms with Gasteiger partial charge in [0, 0.05) is 54.0 Å². The zero-order valence-electron chi connectivity index (χ0n) is 56.9. The van der Waals surface area contributed by atoms with E-state index in [0.29, 0.717) is 0 Å². The third-order valence-corrected chi connectivity index (χ3v) is 23.0. The lowest BCUT2D eigenvalue weighted by atomic mass is 10.1. The van der Waals surface area contributed by atoms with Crippen LogP contribution in [0.5, 0.6) is 0 Å². The van der Waals surface area contributed by atoms with E-state index in [-0.39, 0.29) is 50.9 Å². The van der Waals surface area contributed by atoms with E-state index in [4.69, 9.17) is 130 Å². The molecule has 8 aromatic rings.